The number of hydrogen-bond acceptors (Lipinski definition) is 15. The summed E-state index contributed by atoms with van der Waals surface area (Å²) in [7, 11) is 1.28. The Morgan fingerprint density at radius 1 is 1.36 bits per heavy atom. The number of nitrogens with one attached hydrogen (secondary N) is 2. The first-order valence-electron chi connectivity index (χ1n) is 11.0. The summed E-state index contributed by atoms with van der Waals surface area (Å²) in [5.41, 5.74) is 6.20. The number of nitrogen functional groups attached to an aromatic ring is 1. The van der Waals surface area contributed by atoms with E-state index in [0.29, 0.717) is 32.4 Å². The zero-order valence-corrected chi connectivity index (χ0v) is 23.2. The minimum atomic E-state index is -1.22. The largest absolute Gasteiger partial charge is 0.477 e. The van der Waals surface area contributed by atoms with Gasteiger partial charge >= 0.3 is 5.97 Å². The maximum Gasteiger partial charge on any atom is 0.352 e. The lowest BCUT2D eigenvalue weighted by molar-refractivity contribution is -0.150. The number of thiazole rings is 1. The van der Waals surface area contributed by atoms with E-state index in [-0.39, 0.29) is 22.2 Å². The molecule has 14 nitrogen and oxygen atoms in total. The minimum absolute atomic E-state index is 0.0869. The van der Waals surface area contributed by atoms with Gasteiger partial charge in [-0.2, -0.15) is 0 Å². The molecule has 0 radical (unpaired) electrons. The van der Waals surface area contributed by atoms with Crippen LogP contribution in [-0.2, 0) is 19.2 Å². The van der Waals surface area contributed by atoms with Gasteiger partial charge in [0.05, 0.1) is 0 Å². The normalized spacial score (nSPS) is 18.8. The van der Waals surface area contributed by atoms with Crippen molar-refractivity contribution in [1.82, 2.24) is 30.4 Å². The number of hydrogen-bond donors (Lipinski definition) is 4. The van der Waals surface area contributed by atoms with Gasteiger partial charge in [-0.1, -0.05) is 34.3 Å². The Hall–Kier alpha value is -3.74. The van der Waals surface area contributed by atoms with Gasteiger partial charge in [-0.05, 0) is 17.7 Å². The van der Waals surface area contributed by atoms with Crippen molar-refractivity contribution in [3.8, 4) is 0 Å². The Bertz CT molecular complexity index is 1480. The summed E-state index contributed by atoms with van der Waals surface area (Å²) in [6.45, 7) is 0. The Balaban J connectivity index is 1.25. The molecule has 0 aliphatic carbocycles. The standard InChI is InChI=1S/C21H19N9O5S4/c1-35-29-12(10-8-37-19(22)24-10)15(31)26-13-16(32)30-14(18(33)34)9(6-36-17(13)30)7-38-21-28-27-20(39-21)25-11-4-2-3-5-23-11/h2-5,8,13,17H,6-7H2,1H3,(H2,22,24)(H,26,31)(H,33,34)(H,23,25,27)/t13-,17+/m1/s1. The van der Waals surface area contributed by atoms with Crippen LogP contribution in [0.2, 0.25) is 0 Å². The van der Waals surface area contributed by atoms with E-state index < -0.39 is 29.2 Å². The second-order valence-electron chi connectivity index (χ2n) is 7.81. The monoisotopic (exact) mass is 605 g/mol. The van der Waals surface area contributed by atoms with Crippen molar-refractivity contribution in [3.05, 3.63) is 46.7 Å². The highest BCUT2D eigenvalue weighted by Gasteiger charge is 2.54. The topological polar surface area (TPSA) is 198 Å². The third-order valence-electron chi connectivity index (χ3n) is 5.37. The summed E-state index contributed by atoms with van der Waals surface area (Å²) >= 11 is 5.12. The van der Waals surface area contributed by atoms with Crippen LogP contribution in [0.3, 0.4) is 0 Å². The molecule has 5 heterocycles. The molecule has 2 aliphatic heterocycles. The summed E-state index contributed by atoms with van der Waals surface area (Å²) in [4.78, 5) is 52.3. The molecule has 0 unspecified atom stereocenters. The predicted molar refractivity (Wildman–Crippen MR) is 148 cm³/mol. The zero-order chi connectivity index (χ0) is 27.5. The Morgan fingerprint density at radius 3 is 2.90 bits per heavy atom. The first kappa shape index (κ1) is 26.9. The number of carbonyl (C=O) groups excluding carboxylic acids is 2. The molecule has 2 aliphatic rings. The number of fused-ring (bicyclic) bond motifs is 1. The number of β-lactam (4-membered cyclic amide) rings is 1. The number of pyridine rings is 1. The molecule has 5 rings (SSSR count). The summed E-state index contributed by atoms with van der Waals surface area (Å²) in [5, 5.41) is 29.3. The highest BCUT2D eigenvalue weighted by atomic mass is 32.2. The van der Waals surface area contributed by atoms with Crippen LogP contribution in [0.5, 0.6) is 0 Å². The molecular weight excluding hydrogens is 587 g/mol. The summed E-state index contributed by atoms with van der Waals surface area (Å²) in [6.07, 6.45) is 1.66. The van der Waals surface area contributed by atoms with E-state index in [1.54, 1.807) is 23.7 Å². The Morgan fingerprint density at radius 2 is 2.21 bits per heavy atom. The van der Waals surface area contributed by atoms with Crippen molar-refractivity contribution in [3.63, 3.8) is 0 Å². The van der Waals surface area contributed by atoms with Crippen LogP contribution < -0.4 is 16.4 Å². The number of aromatic nitrogens is 4. The van der Waals surface area contributed by atoms with Gasteiger partial charge in [-0.3, -0.25) is 14.5 Å². The number of aliphatic carboxylic acids is 1. The van der Waals surface area contributed by atoms with E-state index in [1.807, 2.05) is 6.07 Å². The van der Waals surface area contributed by atoms with Gasteiger partial charge in [-0.25, -0.2) is 14.8 Å². The molecule has 2 atom stereocenters. The molecule has 3 aromatic heterocycles. The molecule has 1 fully saturated rings. The van der Waals surface area contributed by atoms with Crippen LogP contribution in [0.15, 0.2) is 50.5 Å². The highest BCUT2D eigenvalue weighted by Crippen LogP contribution is 2.42. The second kappa shape index (κ2) is 11.6. The minimum Gasteiger partial charge on any atom is -0.477 e. The van der Waals surface area contributed by atoms with Crippen LogP contribution >= 0.6 is 46.2 Å². The highest BCUT2D eigenvalue weighted by molar-refractivity contribution is 8.01. The number of oxime groups is 1. The van der Waals surface area contributed by atoms with Gasteiger partial charge < -0.3 is 26.3 Å². The SMILES string of the molecule is CON=C(C(=O)N[C@@H]1C(=O)N2C(C(=O)O)=C(CSc3nnc(Nc4ccccn4)s3)CS[C@@H]12)c1csc(N)n1. The number of thioether (sulfide) groups is 2. The van der Waals surface area contributed by atoms with E-state index >= 15 is 0 Å². The van der Waals surface area contributed by atoms with Crippen LogP contribution in [0.25, 0.3) is 0 Å². The number of nitrogens with two attached hydrogens (primary N) is 1. The summed E-state index contributed by atoms with van der Waals surface area (Å²) in [5.74, 6) is -1.15. The molecule has 1 saturated heterocycles. The van der Waals surface area contributed by atoms with Crippen molar-refractivity contribution in [2.45, 2.75) is 15.8 Å². The van der Waals surface area contributed by atoms with Crippen molar-refractivity contribution < 1.29 is 24.3 Å². The zero-order valence-electron chi connectivity index (χ0n) is 19.9. The maximum atomic E-state index is 13.0. The van der Waals surface area contributed by atoms with Gasteiger partial charge in [0.25, 0.3) is 11.8 Å². The first-order valence-corrected chi connectivity index (χ1v) is 14.8. The smallest absolute Gasteiger partial charge is 0.352 e. The fraction of sp³-hybridized carbons (Fsp3) is 0.238. The summed E-state index contributed by atoms with van der Waals surface area (Å²) < 4.78 is 0.630. The second-order valence-corrected chi connectivity index (χ2v) is 12.0. The van der Waals surface area contributed by atoms with Crippen LogP contribution in [0.1, 0.15) is 5.69 Å². The maximum absolute atomic E-state index is 13.0. The lowest BCUT2D eigenvalue weighted by Gasteiger charge is -2.49. The van der Waals surface area contributed by atoms with Crippen molar-refractivity contribution in [2.75, 3.05) is 29.7 Å². The number of carboxylic acid groups (broad SMARTS) is 1. The first-order chi connectivity index (χ1) is 18.9. The van der Waals surface area contributed by atoms with E-state index in [2.05, 4.69) is 36.0 Å². The lowest BCUT2D eigenvalue weighted by Crippen LogP contribution is -2.71. The number of carbonyl (C=O) groups is 3. The van der Waals surface area contributed by atoms with E-state index in [4.69, 9.17) is 10.6 Å². The molecule has 0 spiro atoms. The quantitative estimate of drug-likeness (QED) is 0.113. The number of amides is 2. The Kier molecular flexibility index (Phi) is 7.96. The van der Waals surface area contributed by atoms with Crippen LogP contribution in [0.4, 0.5) is 16.1 Å². The molecule has 0 aromatic carbocycles. The lowest BCUT2D eigenvalue weighted by atomic mass is 10.0. The molecular formula is C21H19N9O5S4. The molecule has 5 N–H and O–H groups in total. The molecule has 0 bridgehead atoms. The van der Waals surface area contributed by atoms with Crippen molar-refractivity contribution >= 4 is 85.8 Å². The van der Waals surface area contributed by atoms with Gasteiger partial charge in [-0.15, -0.1) is 33.3 Å². The third-order valence-corrected chi connectivity index (χ3v) is 9.45. The third kappa shape index (κ3) is 5.68. The van der Waals surface area contributed by atoms with Gasteiger partial charge in [0, 0.05) is 23.1 Å². The van der Waals surface area contributed by atoms with Gasteiger partial charge in [0.1, 0.15) is 35.7 Å². The average molecular weight is 606 g/mol. The molecule has 0 saturated carbocycles. The molecule has 3 aromatic rings. The Labute approximate surface area is 237 Å². The number of rotatable bonds is 10. The number of anilines is 3. The van der Waals surface area contributed by atoms with E-state index in [0.717, 1.165) is 11.3 Å². The van der Waals surface area contributed by atoms with E-state index in [9.17, 15) is 19.5 Å². The fourth-order valence-electron chi connectivity index (χ4n) is 3.71. The van der Waals surface area contributed by atoms with E-state index in [1.165, 1.54) is 46.9 Å². The van der Waals surface area contributed by atoms with Gasteiger partial charge in [0.2, 0.25) is 5.13 Å². The van der Waals surface area contributed by atoms with Crippen LogP contribution in [0, 0.1) is 0 Å². The molecule has 2 amide bonds. The fourth-order valence-corrected chi connectivity index (χ4v) is 7.50. The van der Waals surface area contributed by atoms with Crippen molar-refractivity contribution in [2.24, 2.45) is 5.16 Å². The number of nitrogens with zero attached hydrogens (tertiary/aromatic N) is 6. The molecule has 39 heavy (non-hydrogen) atoms. The predicted octanol–water partition coefficient (Wildman–Crippen LogP) is 1.60. The van der Waals surface area contributed by atoms with Gasteiger partial charge in [0.15, 0.2) is 15.2 Å². The summed E-state index contributed by atoms with van der Waals surface area (Å²) in [6, 6.07) is 4.51. The molecule has 18 heteroatoms. The number of carboxylic acids is 1. The molecule has 202 valence electrons. The van der Waals surface area contributed by atoms with Crippen LogP contribution in [-0.4, -0.2) is 83.7 Å². The van der Waals surface area contributed by atoms with Crippen molar-refractivity contribution in [1.29, 1.82) is 0 Å². The average Bonchev–Trinajstić information content (AvgIpc) is 3.57.